The van der Waals surface area contributed by atoms with Crippen LogP contribution in [-0.2, 0) is 0 Å². The van der Waals surface area contributed by atoms with E-state index in [-0.39, 0.29) is 0 Å². The van der Waals surface area contributed by atoms with Crippen LogP contribution in [0.4, 0.5) is 11.8 Å². The van der Waals surface area contributed by atoms with Crippen molar-refractivity contribution in [3.05, 3.63) is 11.8 Å². The molecule has 2 rings (SSSR count). The lowest BCUT2D eigenvalue weighted by molar-refractivity contribution is 0.614. The highest BCUT2D eigenvalue weighted by Gasteiger charge is 2.23. The van der Waals surface area contributed by atoms with Crippen LogP contribution < -0.4 is 16.0 Å². The van der Waals surface area contributed by atoms with Crippen LogP contribution in [-0.4, -0.2) is 36.1 Å². The number of aromatic nitrogens is 2. The molecule has 0 aliphatic carbocycles. The predicted octanol–water partition coefficient (Wildman–Crippen LogP) is 1.76. The quantitative estimate of drug-likeness (QED) is 0.847. The third-order valence-corrected chi connectivity index (χ3v) is 4.07. The zero-order valence-corrected chi connectivity index (χ0v) is 12.2. The molecule has 0 spiro atoms. The second kappa shape index (κ2) is 6.19. The molecule has 106 valence electrons. The van der Waals surface area contributed by atoms with Crippen molar-refractivity contribution in [1.29, 1.82) is 0 Å². The highest BCUT2D eigenvalue weighted by molar-refractivity contribution is 5.45. The highest BCUT2D eigenvalue weighted by atomic mass is 15.2. The molecule has 1 atom stereocenters. The van der Waals surface area contributed by atoms with Gasteiger partial charge in [-0.15, -0.1) is 0 Å². The minimum absolute atomic E-state index is 0.396. The van der Waals surface area contributed by atoms with Crippen molar-refractivity contribution in [3.8, 4) is 0 Å². The third kappa shape index (κ3) is 3.15. The molecule has 1 fully saturated rings. The van der Waals surface area contributed by atoms with Gasteiger partial charge in [-0.25, -0.2) is 4.98 Å². The van der Waals surface area contributed by atoms with Crippen molar-refractivity contribution in [2.45, 2.75) is 45.1 Å². The summed E-state index contributed by atoms with van der Waals surface area (Å²) in [5.41, 5.74) is 6.96. The van der Waals surface area contributed by atoms with E-state index in [0.717, 1.165) is 43.9 Å². The van der Waals surface area contributed by atoms with Crippen molar-refractivity contribution in [2.24, 2.45) is 0 Å². The van der Waals surface area contributed by atoms with Gasteiger partial charge >= 0.3 is 0 Å². The largest absolute Gasteiger partial charge is 0.368 e. The number of likely N-dealkylation sites (N-methyl/N-ethyl adjacent to an activating group) is 1. The summed E-state index contributed by atoms with van der Waals surface area (Å²) in [6.07, 6.45) is 3.33. The zero-order chi connectivity index (χ0) is 13.8. The lowest BCUT2D eigenvalue weighted by atomic mass is 9.99. The molecular weight excluding hydrogens is 238 g/mol. The van der Waals surface area contributed by atoms with Gasteiger partial charge in [0, 0.05) is 31.1 Å². The number of nitrogens with zero attached hydrogens (tertiary/aromatic N) is 3. The Balaban J connectivity index is 2.22. The predicted molar refractivity (Wildman–Crippen MR) is 79.4 cm³/mol. The number of nitrogens with one attached hydrogen (secondary N) is 1. The lowest BCUT2D eigenvalue weighted by Gasteiger charge is -2.20. The van der Waals surface area contributed by atoms with E-state index < -0.39 is 0 Å². The number of rotatable bonds is 5. The molecular formula is C14H25N5. The van der Waals surface area contributed by atoms with E-state index in [1.165, 1.54) is 0 Å². The summed E-state index contributed by atoms with van der Waals surface area (Å²) in [7, 11) is 2.01. The highest BCUT2D eigenvalue weighted by Crippen LogP contribution is 2.26. The Kier molecular flexibility index (Phi) is 4.58. The standard InChI is InChI=1S/C14H25N5/c1-4-10(5-2)12-8-13(18-14(15)17-12)19-7-6-11(9-19)16-3/h8,10-11,16H,4-7,9H2,1-3H3,(H2,15,17,18)/t11-/m1/s1. The van der Waals surface area contributed by atoms with Gasteiger partial charge < -0.3 is 16.0 Å². The summed E-state index contributed by atoms with van der Waals surface area (Å²) in [5, 5.41) is 3.32. The minimum atomic E-state index is 0.396. The normalized spacial score (nSPS) is 19.4. The molecule has 0 radical (unpaired) electrons. The maximum Gasteiger partial charge on any atom is 0.222 e. The molecule has 1 aliphatic rings. The summed E-state index contributed by atoms with van der Waals surface area (Å²) in [6.45, 7) is 6.41. The van der Waals surface area contributed by atoms with Crippen molar-refractivity contribution in [1.82, 2.24) is 15.3 Å². The van der Waals surface area contributed by atoms with E-state index in [0.29, 0.717) is 17.9 Å². The van der Waals surface area contributed by atoms with Crippen LogP contribution in [0.25, 0.3) is 0 Å². The van der Waals surface area contributed by atoms with E-state index in [9.17, 15) is 0 Å². The Morgan fingerprint density at radius 3 is 2.74 bits per heavy atom. The molecule has 0 amide bonds. The molecule has 1 saturated heterocycles. The molecule has 2 heterocycles. The van der Waals surface area contributed by atoms with E-state index in [1.54, 1.807) is 0 Å². The second-order valence-corrected chi connectivity index (χ2v) is 5.24. The van der Waals surface area contributed by atoms with Crippen LogP contribution in [0.5, 0.6) is 0 Å². The van der Waals surface area contributed by atoms with Gasteiger partial charge in [0.25, 0.3) is 0 Å². The topological polar surface area (TPSA) is 67.1 Å². The zero-order valence-electron chi connectivity index (χ0n) is 12.2. The Morgan fingerprint density at radius 1 is 1.42 bits per heavy atom. The molecule has 1 aromatic heterocycles. The van der Waals surface area contributed by atoms with E-state index in [2.05, 4.69) is 40.1 Å². The molecule has 0 bridgehead atoms. The van der Waals surface area contributed by atoms with Gasteiger partial charge in [0.1, 0.15) is 5.82 Å². The Labute approximate surface area is 115 Å². The van der Waals surface area contributed by atoms with Crippen molar-refractivity contribution < 1.29 is 0 Å². The number of anilines is 2. The first-order valence-corrected chi connectivity index (χ1v) is 7.24. The molecule has 19 heavy (non-hydrogen) atoms. The summed E-state index contributed by atoms with van der Waals surface area (Å²) < 4.78 is 0. The number of hydrogen-bond donors (Lipinski definition) is 2. The van der Waals surface area contributed by atoms with Crippen LogP contribution in [0.2, 0.25) is 0 Å². The van der Waals surface area contributed by atoms with E-state index >= 15 is 0 Å². The molecule has 3 N–H and O–H groups in total. The van der Waals surface area contributed by atoms with Crippen LogP contribution in [0.15, 0.2) is 6.07 Å². The van der Waals surface area contributed by atoms with Crippen molar-refractivity contribution >= 4 is 11.8 Å². The van der Waals surface area contributed by atoms with Crippen LogP contribution in [0.3, 0.4) is 0 Å². The fourth-order valence-corrected chi connectivity index (χ4v) is 2.75. The molecule has 0 saturated carbocycles. The van der Waals surface area contributed by atoms with Gasteiger partial charge in [-0.05, 0) is 26.3 Å². The molecule has 1 aromatic rings. The van der Waals surface area contributed by atoms with E-state index in [4.69, 9.17) is 5.73 Å². The Hall–Kier alpha value is -1.36. The summed E-state index contributed by atoms with van der Waals surface area (Å²) in [4.78, 5) is 11.1. The summed E-state index contributed by atoms with van der Waals surface area (Å²) in [5.74, 6) is 1.85. The fourth-order valence-electron chi connectivity index (χ4n) is 2.75. The first-order valence-electron chi connectivity index (χ1n) is 7.24. The average molecular weight is 263 g/mol. The van der Waals surface area contributed by atoms with Gasteiger partial charge in [0.05, 0.1) is 5.69 Å². The number of nitrogens with two attached hydrogens (primary N) is 1. The van der Waals surface area contributed by atoms with Crippen LogP contribution in [0.1, 0.15) is 44.7 Å². The van der Waals surface area contributed by atoms with Crippen LogP contribution >= 0.6 is 0 Å². The maximum atomic E-state index is 5.88. The van der Waals surface area contributed by atoms with Crippen molar-refractivity contribution in [3.63, 3.8) is 0 Å². The van der Waals surface area contributed by atoms with Gasteiger partial charge in [0.15, 0.2) is 0 Å². The first kappa shape index (κ1) is 14.1. The average Bonchev–Trinajstić information content (AvgIpc) is 2.88. The fraction of sp³-hybridized carbons (Fsp3) is 0.714. The number of hydrogen-bond acceptors (Lipinski definition) is 5. The molecule has 0 aromatic carbocycles. The minimum Gasteiger partial charge on any atom is -0.368 e. The van der Waals surface area contributed by atoms with Gasteiger partial charge in [0.2, 0.25) is 5.95 Å². The Bertz CT molecular complexity index is 416. The monoisotopic (exact) mass is 263 g/mol. The van der Waals surface area contributed by atoms with Gasteiger partial charge in [-0.3, -0.25) is 0 Å². The molecule has 0 unspecified atom stereocenters. The van der Waals surface area contributed by atoms with Gasteiger partial charge in [-0.2, -0.15) is 4.98 Å². The molecule has 1 aliphatic heterocycles. The Morgan fingerprint density at radius 2 is 2.16 bits per heavy atom. The summed E-state index contributed by atoms with van der Waals surface area (Å²) >= 11 is 0. The number of nitrogen functional groups attached to an aromatic ring is 1. The SMILES string of the molecule is CCC(CC)c1cc(N2CC[C@@H](NC)C2)nc(N)n1. The second-order valence-electron chi connectivity index (χ2n) is 5.24. The molecule has 5 nitrogen and oxygen atoms in total. The molecule has 5 heteroatoms. The van der Waals surface area contributed by atoms with Gasteiger partial charge in [-0.1, -0.05) is 13.8 Å². The van der Waals surface area contributed by atoms with Crippen LogP contribution in [0, 0.1) is 0 Å². The lowest BCUT2D eigenvalue weighted by Crippen LogP contribution is -2.30. The van der Waals surface area contributed by atoms with E-state index in [1.807, 2.05) is 7.05 Å². The first-order chi connectivity index (χ1) is 9.17. The summed E-state index contributed by atoms with van der Waals surface area (Å²) in [6, 6.07) is 2.67. The smallest absolute Gasteiger partial charge is 0.222 e. The third-order valence-electron chi connectivity index (χ3n) is 4.07. The van der Waals surface area contributed by atoms with Crippen molar-refractivity contribution in [2.75, 3.05) is 30.8 Å². The maximum absolute atomic E-state index is 5.88.